The molecule has 5 rings (SSSR count). The summed E-state index contributed by atoms with van der Waals surface area (Å²) in [5, 5.41) is 3.58. The van der Waals surface area contributed by atoms with Crippen molar-refractivity contribution < 1.29 is 14.3 Å². The van der Waals surface area contributed by atoms with Crippen LogP contribution in [0.2, 0.25) is 0 Å². The zero-order valence-electron chi connectivity index (χ0n) is 21.0. The second-order valence-corrected chi connectivity index (χ2v) is 11.3. The summed E-state index contributed by atoms with van der Waals surface area (Å²) >= 11 is 0. The van der Waals surface area contributed by atoms with E-state index in [0.717, 1.165) is 49.4 Å². The average molecular weight is 463 g/mol. The van der Waals surface area contributed by atoms with Crippen LogP contribution >= 0.6 is 0 Å². The summed E-state index contributed by atoms with van der Waals surface area (Å²) in [6, 6.07) is 17.1. The van der Waals surface area contributed by atoms with E-state index in [4.69, 9.17) is 9.47 Å². The molecule has 3 aliphatic rings. The van der Waals surface area contributed by atoms with Crippen LogP contribution in [0.25, 0.3) is 0 Å². The number of methoxy groups -OCH3 is 1. The maximum absolute atomic E-state index is 14.4. The number of para-hydroxylation sites is 1. The largest absolute Gasteiger partial charge is 0.493 e. The highest BCUT2D eigenvalue weighted by atomic mass is 16.5. The van der Waals surface area contributed by atoms with Crippen molar-refractivity contribution in [1.82, 2.24) is 10.2 Å². The van der Waals surface area contributed by atoms with Crippen molar-refractivity contribution in [1.29, 1.82) is 0 Å². The molecule has 0 aromatic heterocycles. The Kier molecular flexibility index (Phi) is 6.09. The number of nitrogens with zero attached hydrogens (tertiary/aromatic N) is 1. The van der Waals surface area contributed by atoms with Gasteiger partial charge < -0.3 is 19.7 Å². The fraction of sp³-hybridized carbons (Fsp3) is 0.552. The van der Waals surface area contributed by atoms with Gasteiger partial charge in [-0.1, -0.05) is 63.2 Å². The van der Waals surface area contributed by atoms with Gasteiger partial charge in [0.25, 0.3) is 0 Å². The van der Waals surface area contributed by atoms with E-state index in [1.807, 2.05) is 12.1 Å². The highest BCUT2D eigenvalue weighted by Gasteiger charge is 2.53. The summed E-state index contributed by atoms with van der Waals surface area (Å²) in [4.78, 5) is 16.6. The van der Waals surface area contributed by atoms with Crippen LogP contribution in [-0.4, -0.2) is 50.2 Å². The van der Waals surface area contributed by atoms with Crippen molar-refractivity contribution in [2.45, 2.75) is 57.4 Å². The molecule has 2 aromatic rings. The number of nitrogens with one attached hydrogen (secondary N) is 1. The van der Waals surface area contributed by atoms with Gasteiger partial charge in [-0.3, -0.25) is 4.79 Å². The Hall–Kier alpha value is -2.53. The van der Waals surface area contributed by atoms with E-state index in [0.29, 0.717) is 25.0 Å². The number of likely N-dealkylation sites (tertiary alicyclic amines) is 1. The molecule has 1 N–H and O–H groups in total. The van der Waals surface area contributed by atoms with E-state index < -0.39 is 0 Å². The molecule has 2 fully saturated rings. The number of hydrogen-bond acceptors (Lipinski definition) is 4. The Labute approximate surface area is 203 Å². The van der Waals surface area contributed by atoms with Crippen LogP contribution in [0.3, 0.4) is 0 Å². The number of ether oxygens (including phenoxy) is 2. The first-order valence-corrected chi connectivity index (χ1v) is 12.7. The lowest BCUT2D eigenvalue weighted by molar-refractivity contribution is -0.144. The van der Waals surface area contributed by atoms with Crippen LogP contribution < -0.4 is 14.8 Å². The van der Waals surface area contributed by atoms with E-state index in [2.05, 4.69) is 67.4 Å². The van der Waals surface area contributed by atoms with Crippen LogP contribution in [0.5, 0.6) is 11.5 Å². The molecule has 1 spiro atoms. The standard InChI is InChI=1S/C29H38N2O3/c1-28(2,3)25-17-21(20-9-6-5-7-10-20)13-15-31(25)27(32)23-18-30-19-29(23)14-16-34-26-22(29)11-8-12-24(26)33-4/h5-12,21,23,25,30H,13-19H2,1-4H3/t21-,23+,25+,29+/m1/s1. The van der Waals surface area contributed by atoms with Crippen molar-refractivity contribution in [3.05, 3.63) is 59.7 Å². The molecule has 4 atom stereocenters. The van der Waals surface area contributed by atoms with Gasteiger partial charge in [-0.25, -0.2) is 0 Å². The topological polar surface area (TPSA) is 50.8 Å². The highest BCUT2D eigenvalue weighted by molar-refractivity contribution is 5.83. The van der Waals surface area contributed by atoms with Gasteiger partial charge in [-0.05, 0) is 42.2 Å². The van der Waals surface area contributed by atoms with Crippen molar-refractivity contribution in [2.75, 3.05) is 33.4 Å². The number of hydrogen-bond donors (Lipinski definition) is 1. The van der Waals surface area contributed by atoms with E-state index in [-0.39, 0.29) is 22.8 Å². The van der Waals surface area contributed by atoms with E-state index in [1.165, 1.54) is 5.56 Å². The van der Waals surface area contributed by atoms with Crippen LogP contribution in [-0.2, 0) is 10.2 Å². The molecular formula is C29H38N2O3. The third-order valence-electron chi connectivity index (χ3n) is 8.44. The van der Waals surface area contributed by atoms with Crippen LogP contribution in [0.4, 0.5) is 0 Å². The Bertz CT molecular complexity index is 1030. The molecule has 1 amide bonds. The maximum atomic E-state index is 14.4. The van der Waals surface area contributed by atoms with E-state index >= 15 is 0 Å². The number of carbonyl (C=O) groups is 1. The van der Waals surface area contributed by atoms with Crippen LogP contribution in [0.15, 0.2) is 48.5 Å². The van der Waals surface area contributed by atoms with Crippen molar-refractivity contribution >= 4 is 5.91 Å². The molecule has 2 saturated heterocycles. The Morgan fingerprint density at radius 2 is 1.94 bits per heavy atom. The lowest BCUT2D eigenvalue weighted by atomic mass is 9.67. The van der Waals surface area contributed by atoms with Gasteiger partial charge in [0, 0.05) is 36.7 Å². The van der Waals surface area contributed by atoms with Crippen molar-refractivity contribution in [3.8, 4) is 11.5 Å². The minimum atomic E-state index is -0.252. The monoisotopic (exact) mass is 462 g/mol. The summed E-state index contributed by atoms with van der Waals surface area (Å²) in [6.45, 7) is 9.78. The van der Waals surface area contributed by atoms with Gasteiger partial charge in [-0.2, -0.15) is 0 Å². The number of carbonyl (C=O) groups excluding carboxylic acids is 1. The number of rotatable bonds is 3. The molecule has 0 unspecified atom stereocenters. The fourth-order valence-corrected chi connectivity index (χ4v) is 6.59. The van der Waals surface area contributed by atoms with Gasteiger partial charge in [0.15, 0.2) is 11.5 Å². The molecule has 2 aromatic carbocycles. The predicted octanol–water partition coefficient (Wildman–Crippen LogP) is 4.76. The number of piperidine rings is 1. The lowest BCUT2D eigenvalue weighted by Crippen LogP contribution is -2.56. The first-order chi connectivity index (χ1) is 16.3. The molecule has 5 heteroatoms. The van der Waals surface area contributed by atoms with Gasteiger partial charge in [-0.15, -0.1) is 0 Å². The van der Waals surface area contributed by atoms with E-state index in [1.54, 1.807) is 7.11 Å². The maximum Gasteiger partial charge on any atom is 0.228 e. The Morgan fingerprint density at radius 3 is 2.68 bits per heavy atom. The zero-order valence-corrected chi connectivity index (χ0v) is 21.0. The number of fused-ring (bicyclic) bond motifs is 2. The SMILES string of the molecule is COc1cccc2c1OCC[C@]21CNC[C@H]1C(=O)N1CC[C@@H](c2ccccc2)C[C@H]1C(C)(C)C. The second-order valence-electron chi connectivity index (χ2n) is 11.3. The van der Waals surface area contributed by atoms with Gasteiger partial charge in [0.05, 0.1) is 19.6 Å². The lowest BCUT2D eigenvalue weighted by Gasteiger charge is -2.49. The Balaban J connectivity index is 1.46. The summed E-state index contributed by atoms with van der Waals surface area (Å²) in [7, 11) is 1.68. The summed E-state index contributed by atoms with van der Waals surface area (Å²) in [6.07, 6.45) is 2.88. The minimum Gasteiger partial charge on any atom is -0.493 e. The number of benzene rings is 2. The molecule has 3 aliphatic heterocycles. The minimum absolute atomic E-state index is 0.0130. The molecule has 0 radical (unpaired) electrons. The third-order valence-corrected chi connectivity index (χ3v) is 8.44. The average Bonchev–Trinajstić information content (AvgIpc) is 3.27. The van der Waals surface area contributed by atoms with Crippen LogP contribution in [0.1, 0.15) is 57.1 Å². The second kappa shape index (κ2) is 8.92. The van der Waals surface area contributed by atoms with Crippen LogP contribution in [0, 0.1) is 11.3 Å². The molecule has 0 bridgehead atoms. The third kappa shape index (κ3) is 3.88. The summed E-state index contributed by atoms with van der Waals surface area (Å²) < 4.78 is 11.7. The first-order valence-electron chi connectivity index (χ1n) is 12.7. The molecule has 182 valence electrons. The Morgan fingerprint density at radius 1 is 1.15 bits per heavy atom. The fourth-order valence-electron chi connectivity index (χ4n) is 6.59. The van der Waals surface area contributed by atoms with Gasteiger partial charge in [0.1, 0.15) is 0 Å². The van der Waals surface area contributed by atoms with Crippen molar-refractivity contribution in [2.24, 2.45) is 11.3 Å². The molecule has 5 nitrogen and oxygen atoms in total. The van der Waals surface area contributed by atoms with E-state index in [9.17, 15) is 4.79 Å². The zero-order chi connectivity index (χ0) is 23.9. The molecule has 0 aliphatic carbocycles. The van der Waals surface area contributed by atoms with Gasteiger partial charge >= 0.3 is 0 Å². The van der Waals surface area contributed by atoms with Gasteiger partial charge in [0.2, 0.25) is 5.91 Å². The first kappa shape index (κ1) is 23.2. The highest BCUT2D eigenvalue weighted by Crippen LogP contribution is 2.50. The summed E-state index contributed by atoms with van der Waals surface area (Å²) in [5.74, 6) is 2.27. The quantitative estimate of drug-likeness (QED) is 0.715. The number of amides is 1. The molecule has 0 saturated carbocycles. The smallest absolute Gasteiger partial charge is 0.228 e. The summed E-state index contributed by atoms with van der Waals surface area (Å²) in [5.41, 5.74) is 2.28. The normalized spacial score (nSPS) is 28.9. The molecule has 3 heterocycles. The molecular weight excluding hydrogens is 424 g/mol. The van der Waals surface area contributed by atoms with Crippen molar-refractivity contribution in [3.63, 3.8) is 0 Å². The molecule has 34 heavy (non-hydrogen) atoms. The predicted molar refractivity (Wildman–Crippen MR) is 135 cm³/mol.